The lowest BCUT2D eigenvalue weighted by Gasteiger charge is -2.35. The molecular formula is C21H19BrCl2N4O. The van der Waals surface area contributed by atoms with Gasteiger partial charge in [0.05, 0.1) is 37.0 Å². The van der Waals surface area contributed by atoms with E-state index in [1.807, 2.05) is 18.2 Å². The van der Waals surface area contributed by atoms with Crippen LogP contribution in [0.1, 0.15) is 10.4 Å². The van der Waals surface area contributed by atoms with Crippen LogP contribution < -0.4 is 10.2 Å². The lowest BCUT2D eigenvalue weighted by molar-refractivity contribution is 0.102. The minimum atomic E-state index is -0.362. The van der Waals surface area contributed by atoms with Crippen LogP contribution in [-0.2, 0) is 0 Å². The number of aromatic nitrogens is 1. The zero-order chi connectivity index (χ0) is 20.5. The summed E-state index contributed by atoms with van der Waals surface area (Å²) in [6.45, 7) is 3.86. The molecule has 29 heavy (non-hydrogen) atoms. The molecule has 1 aliphatic heterocycles. The minimum Gasteiger partial charge on any atom is -0.367 e. The number of halogens is 3. The molecular weight excluding hydrogens is 475 g/mol. The molecule has 1 amide bonds. The highest BCUT2D eigenvalue weighted by Crippen LogP contribution is 2.37. The van der Waals surface area contributed by atoms with Crippen molar-refractivity contribution in [2.45, 2.75) is 0 Å². The Bertz CT molecular complexity index is 1060. The molecule has 150 valence electrons. The van der Waals surface area contributed by atoms with Crippen molar-refractivity contribution in [1.29, 1.82) is 0 Å². The molecule has 0 atom stereocenters. The molecule has 5 nitrogen and oxygen atoms in total. The average Bonchev–Trinajstić information content (AvgIpc) is 2.69. The molecule has 8 heteroatoms. The Labute approximate surface area is 187 Å². The Morgan fingerprint density at radius 2 is 1.72 bits per heavy atom. The second-order valence-electron chi connectivity index (χ2n) is 7.00. The second-order valence-corrected chi connectivity index (χ2v) is 8.67. The van der Waals surface area contributed by atoms with Crippen molar-refractivity contribution in [3.05, 3.63) is 62.7 Å². The Kier molecular flexibility index (Phi) is 5.97. The fourth-order valence-corrected chi connectivity index (χ4v) is 4.67. The molecule has 0 spiro atoms. The summed E-state index contributed by atoms with van der Waals surface area (Å²) in [6.07, 6.45) is 1.79. The smallest absolute Gasteiger partial charge is 0.258 e. The molecule has 1 saturated heterocycles. The SMILES string of the molecule is CN1CCN(c2c(Br)cnc3c(NC(=O)c4c(Cl)cccc4Cl)cccc23)CC1. The summed E-state index contributed by atoms with van der Waals surface area (Å²) in [5.74, 6) is -0.362. The maximum Gasteiger partial charge on any atom is 0.258 e. The molecule has 0 radical (unpaired) electrons. The van der Waals surface area contributed by atoms with E-state index in [1.165, 1.54) is 0 Å². The number of nitrogens with one attached hydrogen (secondary N) is 1. The molecule has 0 aliphatic carbocycles. The van der Waals surface area contributed by atoms with Crippen molar-refractivity contribution in [3.63, 3.8) is 0 Å². The number of hydrogen-bond acceptors (Lipinski definition) is 4. The fourth-order valence-electron chi connectivity index (χ4n) is 3.54. The van der Waals surface area contributed by atoms with E-state index in [4.69, 9.17) is 23.2 Å². The van der Waals surface area contributed by atoms with E-state index in [9.17, 15) is 4.79 Å². The van der Waals surface area contributed by atoms with Gasteiger partial charge < -0.3 is 15.1 Å². The van der Waals surface area contributed by atoms with Crippen molar-refractivity contribution in [2.24, 2.45) is 0 Å². The van der Waals surface area contributed by atoms with E-state index >= 15 is 0 Å². The molecule has 2 heterocycles. The molecule has 4 rings (SSSR count). The number of piperazine rings is 1. The number of fused-ring (bicyclic) bond motifs is 1. The highest BCUT2D eigenvalue weighted by Gasteiger charge is 2.21. The Morgan fingerprint density at radius 1 is 1.07 bits per heavy atom. The van der Waals surface area contributed by atoms with E-state index in [0.717, 1.165) is 47.2 Å². The van der Waals surface area contributed by atoms with Gasteiger partial charge in [-0.3, -0.25) is 9.78 Å². The van der Waals surface area contributed by atoms with Crippen LogP contribution in [0.4, 0.5) is 11.4 Å². The minimum absolute atomic E-state index is 0.254. The van der Waals surface area contributed by atoms with Gasteiger partial charge in [-0.15, -0.1) is 0 Å². The predicted molar refractivity (Wildman–Crippen MR) is 124 cm³/mol. The van der Waals surface area contributed by atoms with Gasteiger partial charge in [0.1, 0.15) is 0 Å². The molecule has 0 unspecified atom stereocenters. The van der Waals surface area contributed by atoms with Gasteiger partial charge in [0.2, 0.25) is 0 Å². The summed E-state index contributed by atoms with van der Waals surface area (Å²) >= 11 is 16.0. The maximum atomic E-state index is 12.9. The number of nitrogens with zero attached hydrogens (tertiary/aromatic N) is 3. The van der Waals surface area contributed by atoms with Crippen LogP contribution in [0.5, 0.6) is 0 Å². The van der Waals surface area contributed by atoms with E-state index < -0.39 is 0 Å². The molecule has 0 saturated carbocycles. The number of carbonyl (C=O) groups is 1. The van der Waals surface area contributed by atoms with Crippen LogP contribution in [0.15, 0.2) is 47.1 Å². The monoisotopic (exact) mass is 492 g/mol. The second kappa shape index (κ2) is 8.48. The zero-order valence-corrected chi connectivity index (χ0v) is 18.9. The lowest BCUT2D eigenvalue weighted by atomic mass is 10.1. The molecule has 1 aromatic heterocycles. The third-order valence-corrected chi connectivity index (χ3v) is 6.29. The van der Waals surface area contributed by atoms with E-state index in [0.29, 0.717) is 15.7 Å². The summed E-state index contributed by atoms with van der Waals surface area (Å²) in [5, 5.41) is 4.52. The maximum absolute atomic E-state index is 12.9. The summed E-state index contributed by atoms with van der Waals surface area (Å²) in [7, 11) is 2.13. The van der Waals surface area contributed by atoms with Crippen LogP contribution in [0.25, 0.3) is 10.9 Å². The van der Waals surface area contributed by atoms with Gasteiger partial charge in [0, 0.05) is 37.8 Å². The zero-order valence-electron chi connectivity index (χ0n) is 15.8. The number of likely N-dealkylation sites (N-methyl/N-ethyl adjacent to an activating group) is 1. The van der Waals surface area contributed by atoms with E-state index in [2.05, 4.69) is 43.1 Å². The standard InChI is InChI=1S/C21H19BrCl2N4O/c1-27-8-10-28(11-9-27)20-13-4-2-7-17(19(13)25-12-14(20)22)26-21(29)18-15(23)5-3-6-16(18)24/h2-7,12H,8-11H2,1H3,(H,26,29). The third-order valence-electron chi connectivity index (χ3n) is 5.08. The summed E-state index contributed by atoms with van der Waals surface area (Å²) < 4.78 is 0.937. The van der Waals surface area contributed by atoms with Crippen molar-refractivity contribution < 1.29 is 4.79 Å². The molecule has 1 N–H and O–H groups in total. The van der Waals surface area contributed by atoms with Crippen molar-refractivity contribution in [2.75, 3.05) is 43.4 Å². The molecule has 1 aliphatic rings. The van der Waals surface area contributed by atoms with Crippen LogP contribution in [-0.4, -0.2) is 49.0 Å². The number of pyridine rings is 1. The van der Waals surface area contributed by atoms with Crippen LogP contribution >= 0.6 is 39.1 Å². The van der Waals surface area contributed by atoms with E-state index in [-0.39, 0.29) is 11.5 Å². The quantitative estimate of drug-likeness (QED) is 0.537. The van der Waals surface area contributed by atoms with Crippen LogP contribution in [0, 0.1) is 0 Å². The number of anilines is 2. The molecule has 1 fully saturated rings. The number of para-hydroxylation sites is 1. The first-order valence-corrected chi connectivity index (χ1v) is 10.8. The van der Waals surface area contributed by atoms with Gasteiger partial charge in [0.15, 0.2) is 0 Å². The predicted octanol–water partition coefficient (Wildman–Crippen LogP) is 5.31. The normalized spacial score (nSPS) is 15.0. The van der Waals surface area contributed by atoms with Crippen molar-refractivity contribution >= 4 is 67.3 Å². The largest absolute Gasteiger partial charge is 0.367 e. The number of hydrogen-bond donors (Lipinski definition) is 1. The summed E-state index contributed by atoms with van der Waals surface area (Å²) in [6, 6.07) is 10.8. The van der Waals surface area contributed by atoms with Gasteiger partial charge in [-0.05, 0) is 41.2 Å². The molecule has 2 aromatic carbocycles. The summed E-state index contributed by atoms with van der Waals surface area (Å²) in [5.41, 5.74) is 2.69. The first-order chi connectivity index (χ1) is 14.0. The number of amides is 1. The molecule has 0 bridgehead atoms. The highest BCUT2D eigenvalue weighted by molar-refractivity contribution is 9.10. The molecule has 3 aromatic rings. The number of carbonyl (C=O) groups excluding carboxylic acids is 1. The van der Waals surface area contributed by atoms with Gasteiger partial charge in [-0.2, -0.15) is 0 Å². The summed E-state index contributed by atoms with van der Waals surface area (Å²) in [4.78, 5) is 22.1. The average molecular weight is 494 g/mol. The van der Waals surface area contributed by atoms with Gasteiger partial charge in [-0.1, -0.05) is 41.4 Å². The van der Waals surface area contributed by atoms with Crippen LogP contribution in [0.2, 0.25) is 10.0 Å². The fraction of sp³-hybridized carbons (Fsp3) is 0.238. The Balaban J connectivity index is 1.73. The van der Waals surface area contributed by atoms with Crippen molar-refractivity contribution in [1.82, 2.24) is 9.88 Å². The number of rotatable bonds is 3. The third kappa shape index (κ3) is 4.08. The van der Waals surface area contributed by atoms with Crippen molar-refractivity contribution in [3.8, 4) is 0 Å². The topological polar surface area (TPSA) is 48.5 Å². The first kappa shape index (κ1) is 20.4. The highest BCUT2D eigenvalue weighted by atomic mass is 79.9. The van der Waals surface area contributed by atoms with Gasteiger partial charge in [0.25, 0.3) is 5.91 Å². The van der Waals surface area contributed by atoms with Crippen LogP contribution in [0.3, 0.4) is 0 Å². The number of benzene rings is 2. The Hall–Kier alpha value is -1.86. The van der Waals surface area contributed by atoms with E-state index in [1.54, 1.807) is 24.4 Å². The van der Waals surface area contributed by atoms with Gasteiger partial charge >= 0.3 is 0 Å². The first-order valence-electron chi connectivity index (χ1n) is 9.22. The Morgan fingerprint density at radius 3 is 2.41 bits per heavy atom. The lowest BCUT2D eigenvalue weighted by Crippen LogP contribution is -2.44. The van der Waals surface area contributed by atoms with Gasteiger partial charge in [-0.25, -0.2) is 0 Å².